The van der Waals surface area contributed by atoms with Crippen LogP contribution in [0, 0.1) is 0 Å². The molecule has 0 heterocycles. The van der Waals surface area contributed by atoms with Crippen molar-refractivity contribution in [3.05, 3.63) is 35.4 Å². The first-order valence-electron chi connectivity index (χ1n) is 6.33. The molecule has 0 saturated heterocycles. The van der Waals surface area contributed by atoms with Crippen molar-refractivity contribution in [3.63, 3.8) is 0 Å². The van der Waals surface area contributed by atoms with Gasteiger partial charge in [-0.2, -0.15) is 0 Å². The normalized spacial score (nSPS) is 10.1. The van der Waals surface area contributed by atoms with E-state index < -0.39 is 0 Å². The summed E-state index contributed by atoms with van der Waals surface area (Å²) in [4.78, 5) is 1.12. The van der Waals surface area contributed by atoms with Gasteiger partial charge in [-0.15, -0.1) is 0 Å². The number of hydrogen-bond acceptors (Lipinski definition) is 2. The van der Waals surface area contributed by atoms with Crippen LogP contribution >= 0.6 is 24.4 Å². The van der Waals surface area contributed by atoms with E-state index in [0.717, 1.165) is 29.1 Å². The molecule has 0 atom stereocenters. The van der Waals surface area contributed by atoms with E-state index in [1.807, 2.05) is 24.3 Å². The minimum atomic E-state index is 0.390. The van der Waals surface area contributed by atoms with Crippen LogP contribution in [-0.2, 0) is 0 Å². The van der Waals surface area contributed by atoms with E-state index in [0.29, 0.717) is 4.99 Å². The topological polar surface area (TPSA) is 38.0 Å². The maximum absolute atomic E-state index is 5.69. The van der Waals surface area contributed by atoms with Gasteiger partial charge in [0.15, 0.2) is 0 Å². The van der Waals surface area contributed by atoms with Crippen molar-refractivity contribution in [2.24, 2.45) is 5.73 Å². The molecule has 0 bridgehead atoms. The molecule has 0 spiro atoms. The van der Waals surface area contributed by atoms with E-state index >= 15 is 0 Å². The zero-order chi connectivity index (χ0) is 13.4. The second-order valence-corrected chi connectivity index (χ2v) is 5.07. The Kier molecular flexibility index (Phi) is 6.83. The summed E-state index contributed by atoms with van der Waals surface area (Å²) in [5, 5.41) is 3.27. The third kappa shape index (κ3) is 4.70. The second kappa shape index (κ2) is 8.16. The summed E-state index contributed by atoms with van der Waals surface area (Å²) >= 11 is 10.4. The standard InChI is InChI=1S/C14H20N2S2/c1-2-3-4-7-10-16-14(18)12-9-6-5-8-11(12)13(15)17/h5-6,8-9H,2-4,7,10H2,1H3,(H2,15,17)(H,16,18). The van der Waals surface area contributed by atoms with Gasteiger partial charge in [-0.3, -0.25) is 0 Å². The largest absolute Gasteiger partial charge is 0.389 e. The smallest absolute Gasteiger partial charge is 0.107 e. The van der Waals surface area contributed by atoms with Gasteiger partial charge < -0.3 is 11.1 Å². The highest BCUT2D eigenvalue weighted by Crippen LogP contribution is 2.09. The van der Waals surface area contributed by atoms with Crippen molar-refractivity contribution in [1.82, 2.24) is 5.32 Å². The van der Waals surface area contributed by atoms with Gasteiger partial charge in [-0.25, -0.2) is 0 Å². The summed E-state index contributed by atoms with van der Waals surface area (Å²) in [6.07, 6.45) is 4.90. The van der Waals surface area contributed by atoms with Gasteiger partial charge in [-0.05, 0) is 6.42 Å². The monoisotopic (exact) mass is 280 g/mol. The quantitative estimate of drug-likeness (QED) is 0.594. The third-order valence-electron chi connectivity index (χ3n) is 2.75. The van der Waals surface area contributed by atoms with Gasteiger partial charge in [0.1, 0.15) is 9.98 Å². The summed E-state index contributed by atoms with van der Waals surface area (Å²) in [5.74, 6) is 0. The molecule has 0 aromatic heterocycles. The van der Waals surface area contributed by atoms with E-state index in [9.17, 15) is 0 Å². The number of rotatable bonds is 7. The summed E-state index contributed by atoms with van der Waals surface area (Å²) in [7, 11) is 0. The number of benzene rings is 1. The van der Waals surface area contributed by atoms with Gasteiger partial charge in [-0.1, -0.05) is 74.9 Å². The zero-order valence-electron chi connectivity index (χ0n) is 10.7. The Hall–Kier alpha value is -1.00. The molecule has 0 amide bonds. The summed E-state index contributed by atoms with van der Waals surface area (Å²) in [6.45, 7) is 3.11. The van der Waals surface area contributed by atoms with E-state index in [4.69, 9.17) is 30.2 Å². The lowest BCUT2D eigenvalue weighted by Gasteiger charge is -2.11. The lowest BCUT2D eigenvalue weighted by Crippen LogP contribution is -2.26. The summed E-state index contributed by atoms with van der Waals surface area (Å²) in [5.41, 5.74) is 7.46. The summed E-state index contributed by atoms with van der Waals surface area (Å²) < 4.78 is 0. The minimum absolute atomic E-state index is 0.390. The number of thiocarbonyl (C=S) groups is 2. The number of unbranched alkanes of at least 4 members (excludes halogenated alkanes) is 3. The fraction of sp³-hybridized carbons (Fsp3) is 0.429. The van der Waals surface area contributed by atoms with Crippen LogP contribution in [-0.4, -0.2) is 16.5 Å². The van der Waals surface area contributed by atoms with E-state index in [2.05, 4.69) is 12.2 Å². The predicted octanol–water partition coefficient (Wildman–Crippen LogP) is 3.17. The van der Waals surface area contributed by atoms with Crippen LogP contribution in [0.15, 0.2) is 24.3 Å². The molecule has 3 N–H and O–H groups in total. The molecule has 98 valence electrons. The Labute approximate surface area is 120 Å². The molecule has 18 heavy (non-hydrogen) atoms. The van der Waals surface area contributed by atoms with Crippen LogP contribution in [0.4, 0.5) is 0 Å². The fourth-order valence-electron chi connectivity index (χ4n) is 1.74. The van der Waals surface area contributed by atoms with E-state index in [1.54, 1.807) is 0 Å². The molecule has 0 unspecified atom stereocenters. The Balaban J connectivity index is 2.54. The molecule has 1 aromatic carbocycles. The Morgan fingerprint density at radius 3 is 2.39 bits per heavy atom. The maximum atomic E-state index is 5.69. The molecule has 0 saturated carbocycles. The van der Waals surface area contributed by atoms with Crippen molar-refractivity contribution >= 4 is 34.4 Å². The Morgan fingerprint density at radius 1 is 1.11 bits per heavy atom. The predicted molar refractivity (Wildman–Crippen MR) is 86.2 cm³/mol. The van der Waals surface area contributed by atoms with Gasteiger partial charge in [0.05, 0.1) is 0 Å². The summed E-state index contributed by atoms with van der Waals surface area (Å²) in [6, 6.07) is 7.72. The maximum Gasteiger partial charge on any atom is 0.107 e. The highest BCUT2D eigenvalue weighted by atomic mass is 32.1. The van der Waals surface area contributed by atoms with Crippen LogP contribution in [0.3, 0.4) is 0 Å². The van der Waals surface area contributed by atoms with Crippen molar-refractivity contribution in [2.75, 3.05) is 6.54 Å². The van der Waals surface area contributed by atoms with Crippen LogP contribution in [0.5, 0.6) is 0 Å². The van der Waals surface area contributed by atoms with Crippen molar-refractivity contribution < 1.29 is 0 Å². The molecule has 0 radical (unpaired) electrons. The fourth-order valence-corrected chi connectivity index (χ4v) is 2.20. The highest BCUT2D eigenvalue weighted by molar-refractivity contribution is 7.81. The molecule has 4 heteroatoms. The molecule has 0 aliphatic carbocycles. The van der Waals surface area contributed by atoms with Crippen LogP contribution in [0.1, 0.15) is 43.7 Å². The van der Waals surface area contributed by atoms with E-state index in [-0.39, 0.29) is 0 Å². The number of nitrogens with two attached hydrogens (primary N) is 1. The van der Waals surface area contributed by atoms with Gasteiger partial charge >= 0.3 is 0 Å². The van der Waals surface area contributed by atoms with Crippen LogP contribution < -0.4 is 11.1 Å². The molecule has 0 aliphatic heterocycles. The average molecular weight is 280 g/mol. The lowest BCUT2D eigenvalue weighted by atomic mass is 10.1. The van der Waals surface area contributed by atoms with E-state index in [1.165, 1.54) is 19.3 Å². The molecule has 1 aromatic rings. The molecular weight excluding hydrogens is 260 g/mol. The Bertz CT molecular complexity index is 416. The highest BCUT2D eigenvalue weighted by Gasteiger charge is 2.08. The third-order valence-corrected chi connectivity index (χ3v) is 3.34. The SMILES string of the molecule is CCCCCCNC(=S)c1ccccc1C(N)=S. The first-order chi connectivity index (χ1) is 8.66. The van der Waals surface area contributed by atoms with Gasteiger partial charge in [0.25, 0.3) is 0 Å². The molecule has 0 fully saturated rings. The van der Waals surface area contributed by atoms with Crippen molar-refractivity contribution in [1.29, 1.82) is 0 Å². The van der Waals surface area contributed by atoms with Crippen molar-refractivity contribution in [3.8, 4) is 0 Å². The van der Waals surface area contributed by atoms with Crippen LogP contribution in [0.2, 0.25) is 0 Å². The molecule has 2 nitrogen and oxygen atoms in total. The molecular formula is C14H20N2S2. The average Bonchev–Trinajstić information content (AvgIpc) is 2.38. The number of nitrogens with one attached hydrogen (secondary N) is 1. The van der Waals surface area contributed by atoms with Crippen LogP contribution in [0.25, 0.3) is 0 Å². The lowest BCUT2D eigenvalue weighted by molar-refractivity contribution is 0.656. The zero-order valence-corrected chi connectivity index (χ0v) is 12.4. The van der Waals surface area contributed by atoms with Gasteiger partial charge in [0.2, 0.25) is 0 Å². The first kappa shape index (κ1) is 15.1. The van der Waals surface area contributed by atoms with Gasteiger partial charge in [0, 0.05) is 17.7 Å². The first-order valence-corrected chi connectivity index (χ1v) is 7.15. The molecule has 1 rings (SSSR count). The number of hydrogen-bond donors (Lipinski definition) is 2. The van der Waals surface area contributed by atoms with Crippen molar-refractivity contribution in [2.45, 2.75) is 32.6 Å². The Morgan fingerprint density at radius 2 is 1.78 bits per heavy atom. The second-order valence-electron chi connectivity index (χ2n) is 4.23. The molecule has 0 aliphatic rings. The minimum Gasteiger partial charge on any atom is -0.389 e.